The quantitative estimate of drug-likeness (QED) is 0.573. The Hall–Kier alpha value is -0.790. The van der Waals surface area contributed by atoms with Crippen LogP contribution in [0.2, 0.25) is 0 Å². The molecule has 2 nitrogen and oxygen atoms in total. The van der Waals surface area contributed by atoms with Crippen LogP contribution in [0, 0.1) is 0 Å². The summed E-state index contributed by atoms with van der Waals surface area (Å²) in [6.45, 7) is 4.43. The van der Waals surface area contributed by atoms with Crippen LogP contribution in [-0.4, -0.2) is 12.8 Å². The zero-order valence-corrected chi connectivity index (χ0v) is 5.98. The lowest BCUT2D eigenvalue weighted by atomic mass is 10.3. The molecule has 0 unspecified atom stereocenters. The van der Waals surface area contributed by atoms with Crippen molar-refractivity contribution < 1.29 is 4.79 Å². The first kappa shape index (κ1) is 8.21. The second kappa shape index (κ2) is 5.35. The van der Waals surface area contributed by atoms with Crippen LogP contribution in [0.5, 0.6) is 0 Å². The summed E-state index contributed by atoms with van der Waals surface area (Å²) in [5, 5.41) is 2.93. The fourth-order valence-corrected chi connectivity index (χ4v) is 0.581. The molecule has 0 bridgehead atoms. The molecule has 0 radical (unpaired) electrons. The summed E-state index contributed by atoms with van der Waals surface area (Å²) in [6.07, 6.45) is 3.91. The van der Waals surface area contributed by atoms with Crippen LogP contribution >= 0.6 is 0 Å². The molecule has 1 N–H and O–H groups in total. The molecule has 0 aromatic heterocycles. The lowest BCUT2D eigenvalue weighted by molar-refractivity contribution is -0.107. The predicted molar refractivity (Wildman–Crippen MR) is 38.1 cm³/mol. The number of carbonyl (C=O) groups is 1. The van der Waals surface area contributed by atoms with Crippen molar-refractivity contribution >= 4 is 6.29 Å². The van der Waals surface area contributed by atoms with Crippen LogP contribution in [0.3, 0.4) is 0 Å². The summed E-state index contributed by atoms with van der Waals surface area (Å²) >= 11 is 0. The van der Waals surface area contributed by atoms with Crippen LogP contribution in [0.4, 0.5) is 0 Å². The number of hydrogen-bond donors (Lipinski definition) is 1. The largest absolute Gasteiger partial charge is 0.382 e. The average molecular weight is 127 g/mol. The minimum absolute atomic E-state index is 0.419. The Labute approximate surface area is 56.0 Å². The number of carbonyl (C=O) groups excluding carboxylic acids is 1. The molecule has 2 heteroatoms. The highest BCUT2D eigenvalue weighted by Gasteiger charge is 1.81. The maximum absolute atomic E-state index is 9.82. The van der Waals surface area contributed by atoms with Gasteiger partial charge in [-0.05, 0) is 13.3 Å². The standard InChI is InChI=1S/C7H13NO/c1-3-4-7(2)8-5-6-9/h4,6,8H,3,5H2,1-2H3/b7-4+. The number of hydrogen-bond acceptors (Lipinski definition) is 2. The molecule has 0 saturated heterocycles. The van der Waals surface area contributed by atoms with Gasteiger partial charge in [-0.3, -0.25) is 0 Å². The summed E-state index contributed by atoms with van der Waals surface area (Å²) in [6, 6.07) is 0. The van der Waals surface area contributed by atoms with Gasteiger partial charge in [0.15, 0.2) is 0 Å². The van der Waals surface area contributed by atoms with Gasteiger partial charge in [0.25, 0.3) is 0 Å². The lowest BCUT2D eigenvalue weighted by Crippen LogP contribution is -2.13. The van der Waals surface area contributed by atoms with Crippen molar-refractivity contribution in [2.45, 2.75) is 20.3 Å². The minimum Gasteiger partial charge on any atom is -0.382 e. The SMILES string of the molecule is CC/C=C(\C)NCC=O. The van der Waals surface area contributed by atoms with Gasteiger partial charge in [0.2, 0.25) is 0 Å². The van der Waals surface area contributed by atoms with Crippen molar-refractivity contribution in [3.63, 3.8) is 0 Å². The van der Waals surface area contributed by atoms with E-state index in [0.717, 1.165) is 18.4 Å². The van der Waals surface area contributed by atoms with E-state index in [0.29, 0.717) is 6.54 Å². The highest BCUT2D eigenvalue weighted by molar-refractivity contribution is 5.52. The second-order valence-electron chi connectivity index (χ2n) is 1.84. The van der Waals surface area contributed by atoms with Gasteiger partial charge >= 0.3 is 0 Å². The predicted octanol–water partition coefficient (Wildman–Crippen LogP) is 1.09. The molecule has 0 aliphatic heterocycles. The zero-order valence-electron chi connectivity index (χ0n) is 5.98. The van der Waals surface area contributed by atoms with E-state index in [1.54, 1.807) is 0 Å². The minimum atomic E-state index is 0.419. The van der Waals surface area contributed by atoms with Gasteiger partial charge in [-0.25, -0.2) is 0 Å². The number of nitrogens with one attached hydrogen (secondary N) is 1. The monoisotopic (exact) mass is 127 g/mol. The van der Waals surface area contributed by atoms with Gasteiger partial charge in [-0.2, -0.15) is 0 Å². The van der Waals surface area contributed by atoms with Gasteiger partial charge in [0, 0.05) is 5.70 Å². The molecule has 0 aromatic rings. The van der Waals surface area contributed by atoms with Gasteiger partial charge in [0.05, 0.1) is 6.54 Å². The molecule has 0 saturated carbocycles. The molecule has 9 heavy (non-hydrogen) atoms. The average Bonchev–Trinajstić information content (AvgIpc) is 1.85. The van der Waals surface area contributed by atoms with Crippen molar-refractivity contribution in [2.75, 3.05) is 6.54 Å². The molecule has 52 valence electrons. The van der Waals surface area contributed by atoms with Crippen LogP contribution < -0.4 is 5.32 Å². The Morgan fingerprint density at radius 1 is 1.67 bits per heavy atom. The molecule has 0 heterocycles. The third-order valence-corrected chi connectivity index (χ3v) is 0.975. The lowest BCUT2D eigenvalue weighted by Gasteiger charge is -1.98. The highest BCUT2D eigenvalue weighted by atomic mass is 16.1. The smallest absolute Gasteiger partial charge is 0.139 e. The third kappa shape index (κ3) is 5.07. The summed E-state index contributed by atoms with van der Waals surface area (Å²) in [5.74, 6) is 0. The van der Waals surface area contributed by atoms with E-state index in [2.05, 4.69) is 12.2 Å². The van der Waals surface area contributed by atoms with E-state index in [9.17, 15) is 4.79 Å². The first-order valence-electron chi connectivity index (χ1n) is 3.15. The summed E-state index contributed by atoms with van der Waals surface area (Å²) < 4.78 is 0. The topological polar surface area (TPSA) is 29.1 Å². The summed E-state index contributed by atoms with van der Waals surface area (Å²) in [4.78, 5) is 9.82. The van der Waals surface area contributed by atoms with Crippen LogP contribution in [0.15, 0.2) is 11.8 Å². The Bertz CT molecular complexity index is 107. The van der Waals surface area contributed by atoms with Crippen molar-refractivity contribution in [3.05, 3.63) is 11.8 Å². The van der Waals surface area contributed by atoms with E-state index in [4.69, 9.17) is 0 Å². The Morgan fingerprint density at radius 2 is 2.33 bits per heavy atom. The highest BCUT2D eigenvalue weighted by Crippen LogP contribution is 1.87. The van der Waals surface area contributed by atoms with Gasteiger partial charge in [-0.15, -0.1) is 0 Å². The molecule has 0 atom stereocenters. The number of rotatable bonds is 4. The second-order valence-corrected chi connectivity index (χ2v) is 1.84. The van der Waals surface area contributed by atoms with E-state index in [1.165, 1.54) is 0 Å². The molecular weight excluding hydrogens is 114 g/mol. The van der Waals surface area contributed by atoms with Crippen molar-refractivity contribution in [1.29, 1.82) is 0 Å². The molecule has 0 aliphatic carbocycles. The molecule has 0 fully saturated rings. The molecule has 0 aromatic carbocycles. The van der Waals surface area contributed by atoms with Gasteiger partial charge in [-0.1, -0.05) is 13.0 Å². The molecule has 0 aliphatic rings. The van der Waals surface area contributed by atoms with Crippen molar-refractivity contribution in [1.82, 2.24) is 5.32 Å². The van der Waals surface area contributed by atoms with E-state index < -0.39 is 0 Å². The van der Waals surface area contributed by atoms with Gasteiger partial charge in [0.1, 0.15) is 6.29 Å². The third-order valence-electron chi connectivity index (χ3n) is 0.975. The first-order chi connectivity index (χ1) is 4.31. The number of aldehydes is 1. The summed E-state index contributed by atoms with van der Waals surface area (Å²) in [5.41, 5.74) is 1.07. The van der Waals surface area contributed by atoms with Crippen molar-refractivity contribution in [3.8, 4) is 0 Å². The van der Waals surface area contributed by atoms with E-state index >= 15 is 0 Å². The summed E-state index contributed by atoms with van der Waals surface area (Å²) in [7, 11) is 0. The molecule has 0 rings (SSSR count). The fraction of sp³-hybridized carbons (Fsp3) is 0.571. The normalized spacial score (nSPS) is 11.1. The number of allylic oxidation sites excluding steroid dienone is 2. The van der Waals surface area contributed by atoms with Gasteiger partial charge < -0.3 is 10.1 Å². The van der Waals surface area contributed by atoms with Crippen LogP contribution in [0.1, 0.15) is 20.3 Å². The molecular formula is C7H13NO. The fourth-order valence-electron chi connectivity index (χ4n) is 0.581. The first-order valence-corrected chi connectivity index (χ1v) is 3.15. The Kier molecular flexibility index (Phi) is 4.88. The molecule has 0 amide bonds. The maximum Gasteiger partial charge on any atom is 0.139 e. The van der Waals surface area contributed by atoms with Crippen molar-refractivity contribution in [2.24, 2.45) is 0 Å². The Balaban J connectivity index is 3.36. The Morgan fingerprint density at radius 3 is 2.78 bits per heavy atom. The van der Waals surface area contributed by atoms with Crippen LogP contribution in [-0.2, 0) is 4.79 Å². The van der Waals surface area contributed by atoms with E-state index in [1.807, 2.05) is 13.0 Å². The van der Waals surface area contributed by atoms with E-state index in [-0.39, 0.29) is 0 Å². The zero-order chi connectivity index (χ0) is 7.11. The molecule has 0 spiro atoms. The maximum atomic E-state index is 9.82. The van der Waals surface area contributed by atoms with Crippen LogP contribution in [0.25, 0.3) is 0 Å².